The van der Waals surface area contributed by atoms with Crippen LogP contribution in [-0.4, -0.2) is 53.7 Å². The Kier molecular flexibility index (Phi) is 8.24. The summed E-state index contributed by atoms with van der Waals surface area (Å²) >= 11 is 1.77. The van der Waals surface area contributed by atoms with Gasteiger partial charge in [-0.15, -0.1) is 10.2 Å². The highest BCUT2D eigenvalue weighted by atomic mass is 32.2. The molecule has 0 bridgehead atoms. The molecule has 1 aliphatic rings. The molecule has 164 valence electrons. The number of hydrogen-bond donors (Lipinski definition) is 0. The largest absolute Gasteiger partial charge is 0.494 e. The van der Waals surface area contributed by atoms with E-state index in [1.165, 1.54) is 19.5 Å². The van der Waals surface area contributed by atoms with E-state index in [4.69, 9.17) is 13.9 Å². The molecule has 1 saturated heterocycles. The predicted octanol–water partition coefficient (Wildman–Crippen LogP) is 4.91. The highest BCUT2D eigenvalue weighted by Gasteiger charge is 2.12. The smallest absolute Gasteiger partial charge is 0.247 e. The van der Waals surface area contributed by atoms with Crippen LogP contribution in [0.25, 0.3) is 11.5 Å². The van der Waals surface area contributed by atoms with Crippen LogP contribution < -0.4 is 9.47 Å². The molecule has 0 atom stereocenters. The SMILES string of the molecule is c1ccc(OCCCSCc2nnc(-c3ccc(OCCCN4CCC4)cc3)o2)cc1. The molecule has 0 saturated carbocycles. The summed E-state index contributed by atoms with van der Waals surface area (Å²) in [7, 11) is 0. The van der Waals surface area contributed by atoms with Gasteiger partial charge in [-0.2, -0.15) is 11.8 Å². The molecule has 6 nitrogen and oxygen atoms in total. The maximum Gasteiger partial charge on any atom is 0.247 e. The van der Waals surface area contributed by atoms with Crippen molar-refractivity contribution in [1.82, 2.24) is 15.1 Å². The number of hydrogen-bond acceptors (Lipinski definition) is 7. The van der Waals surface area contributed by atoms with Crippen LogP contribution in [0.5, 0.6) is 11.5 Å². The number of aromatic nitrogens is 2. The molecule has 1 aromatic heterocycles. The Morgan fingerprint density at radius 1 is 0.871 bits per heavy atom. The van der Waals surface area contributed by atoms with Gasteiger partial charge in [-0.25, -0.2) is 0 Å². The second-order valence-corrected chi connectivity index (χ2v) is 8.60. The summed E-state index contributed by atoms with van der Waals surface area (Å²) in [5.74, 6) is 4.67. The fourth-order valence-corrected chi connectivity index (χ4v) is 3.99. The third kappa shape index (κ3) is 7.01. The molecule has 0 amide bonds. The van der Waals surface area contributed by atoms with Crippen molar-refractivity contribution in [3.63, 3.8) is 0 Å². The maximum absolute atomic E-state index is 5.83. The first-order chi connectivity index (χ1) is 15.4. The Morgan fingerprint density at radius 2 is 1.61 bits per heavy atom. The Morgan fingerprint density at radius 3 is 2.35 bits per heavy atom. The molecular weight excluding hydrogens is 410 g/mol. The molecule has 4 rings (SSSR count). The zero-order valence-electron chi connectivity index (χ0n) is 17.7. The summed E-state index contributed by atoms with van der Waals surface area (Å²) in [6, 6.07) is 17.8. The third-order valence-corrected chi connectivity index (χ3v) is 6.10. The molecule has 0 unspecified atom stereocenters. The van der Waals surface area contributed by atoms with E-state index in [0.717, 1.165) is 48.8 Å². The average molecular weight is 440 g/mol. The van der Waals surface area contributed by atoms with Crippen molar-refractivity contribution in [1.29, 1.82) is 0 Å². The minimum absolute atomic E-state index is 0.548. The van der Waals surface area contributed by atoms with E-state index in [1.807, 2.05) is 54.6 Å². The van der Waals surface area contributed by atoms with Crippen LogP contribution in [0.15, 0.2) is 59.0 Å². The average Bonchev–Trinajstić information content (AvgIpc) is 3.25. The van der Waals surface area contributed by atoms with Crippen molar-refractivity contribution in [2.75, 3.05) is 38.6 Å². The van der Waals surface area contributed by atoms with Gasteiger partial charge in [-0.3, -0.25) is 0 Å². The summed E-state index contributed by atoms with van der Waals surface area (Å²) < 4.78 is 17.3. The molecule has 1 aliphatic heterocycles. The molecule has 3 aromatic rings. The quantitative estimate of drug-likeness (QED) is 0.351. The van der Waals surface area contributed by atoms with Gasteiger partial charge in [0.05, 0.1) is 19.0 Å². The van der Waals surface area contributed by atoms with Gasteiger partial charge < -0.3 is 18.8 Å². The Balaban J connectivity index is 1.12. The number of benzene rings is 2. The summed E-state index contributed by atoms with van der Waals surface area (Å²) in [5, 5.41) is 8.35. The van der Waals surface area contributed by atoms with Crippen molar-refractivity contribution >= 4 is 11.8 Å². The molecule has 0 spiro atoms. The lowest BCUT2D eigenvalue weighted by Crippen LogP contribution is -2.38. The molecule has 0 radical (unpaired) electrons. The van der Waals surface area contributed by atoms with E-state index in [9.17, 15) is 0 Å². The number of thioether (sulfide) groups is 1. The lowest BCUT2D eigenvalue weighted by atomic mass is 10.2. The Hall–Kier alpha value is -2.51. The van der Waals surface area contributed by atoms with E-state index in [0.29, 0.717) is 24.1 Å². The first-order valence-electron chi connectivity index (χ1n) is 10.9. The van der Waals surface area contributed by atoms with Gasteiger partial charge >= 0.3 is 0 Å². The van der Waals surface area contributed by atoms with Gasteiger partial charge in [-0.1, -0.05) is 18.2 Å². The molecule has 7 heteroatoms. The number of nitrogens with zero attached hydrogens (tertiary/aromatic N) is 3. The molecular formula is C24H29N3O3S. The molecule has 0 N–H and O–H groups in total. The van der Waals surface area contributed by atoms with Gasteiger partial charge in [-0.05, 0) is 74.5 Å². The Labute approximate surface area is 188 Å². The summed E-state index contributed by atoms with van der Waals surface area (Å²) in [5.41, 5.74) is 0.910. The van der Waals surface area contributed by atoms with E-state index in [-0.39, 0.29) is 0 Å². The number of para-hydroxylation sites is 1. The second-order valence-electron chi connectivity index (χ2n) is 7.49. The van der Waals surface area contributed by atoms with Crippen molar-refractivity contribution in [2.24, 2.45) is 0 Å². The van der Waals surface area contributed by atoms with E-state index < -0.39 is 0 Å². The molecule has 1 fully saturated rings. The monoisotopic (exact) mass is 439 g/mol. The summed E-state index contributed by atoms with van der Waals surface area (Å²) in [6.07, 6.45) is 3.37. The lowest BCUT2D eigenvalue weighted by Gasteiger charge is -2.30. The van der Waals surface area contributed by atoms with Crippen LogP contribution in [0.3, 0.4) is 0 Å². The summed E-state index contributed by atoms with van der Waals surface area (Å²) in [4.78, 5) is 2.45. The van der Waals surface area contributed by atoms with Gasteiger partial charge in [0.1, 0.15) is 11.5 Å². The van der Waals surface area contributed by atoms with Gasteiger partial charge in [0.25, 0.3) is 0 Å². The molecule has 0 aliphatic carbocycles. The highest BCUT2D eigenvalue weighted by molar-refractivity contribution is 7.98. The van der Waals surface area contributed by atoms with Crippen LogP contribution in [0.4, 0.5) is 0 Å². The zero-order chi connectivity index (χ0) is 21.1. The number of ether oxygens (including phenoxy) is 2. The van der Waals surface area contributed by atoms with Crippen molar-refractivity contribution in [3.8, 4) is 23.0 Å². The molecule has 2 aromatic carbocycles. The van der Waals surface area contributed by atoms with Gasteiger partial charge in [0.15, 0.2) is 0 Å². The van der Waals surface area contributed by atoms with Crippen LogP contribution >= 0.6 is 11.8 Å². The van der Waals surface area contributed by atoms with Gasteiger partial charge in [0.2, 0.25) is 11.8 Å². The third-order valence-electron chi connectivity index (χ3n) is 5.07. The van der Waals surface area contributed by atoms with Crippen LogP contribution in [0.1, 0.15) is 25.2 Å². The van der Waals surface area contributed by atoms with Crippen LogP contribution in [0.2, 0.25) is 0 Å². The minimum Gasteiger partial charge on any atom is -0.494 e. The maximum atomic E-state index is 5.83. The predicted molar refractivity (Wildman–Crippen MR) is 124 cm³/mol. The van der Waals surface area contributed by atoms with Gasteiger partial charge in [0, 0.05) is 12.1 Å². The fourth-order valence-electron chi connectivity index (χ4n) is 3.23. The van der Waals surface area contributed by atoms with E-state index in [2.05, 4.69) is 15.1 Å². The van der Waals surface area contributed by atoms with Crippen LogP contribution in [0, 0.1) is 0 Å². The van der Waals surface area contributed by atoms with E-state index >= 15 is 0 Å². The van der Waals surface area contributed by atoms with Crippen molar-refractivity contribution in [2.45, 2.75) is 25.0 Å². The number of rotatable bonds is 13. The Bertz CT molecular complexity index is 898. The minimum atomic E-state index is 0.548. The second kappa shape index (κ2) is 11.8. The first kappa shape index (κ1) is 21.7. The lowest BCUT2D eigenvalue weighted by molar-refractivity contribution is 0.165. The molecule has 31 heavy (non-hydrogen) atoms. The number of likely N-dealkylation sites (tertiary alicyclic amines) is 1. The normalized spacial score (nSPS) is 13.7. The first-order valence-corrected chi connectivity index (χ1v) is 12.1. The highest BCUT2D eigenvalue weighted by Crippen LogP contribution is 2.23. The van der Waals surface area contributed by atoms with Crippen LogP contribution in [-0.2, 0) is 5.75 Å². The zero-order valence-corrected chi connectivity index (χ0v) is 18.6. The van der Waals surface area contributed by atoms with Crippen molar-refractivity contribution < 1.29 is 13.9 Å². The standard InChI is InChI=1S/C24H29N3O3S/c1-2-7-21(8-3-1)29-17-6-18-31-19-23-25-26-24(30-23)20-9-11-22(12-10-20)28-16-5-15-27-13-4-14-27/h1-3,7-12H,4-6,13-19H2. The topological polar surface area (TPSA) is 60.6 Å². The van der Waals surface area contributed by atoms with Crippen molar-refractivity contribution in [3.05, 3.63) is 60.5 Å². The van der Waals surface area contributed by atoms with E-state index in [1.54, 1.807) is 11.8 Å². The molecule has 2 heterocycles. The summed E-state index contributed by atoms with van der Waals surface area (Å²) in [6.45, 7) is 5.05. The fraction of sp³-hybridized carbons (Fsp3) is 0.417.